The molecule has 0 saturated heterocycles. The van der Waals surface area contributed by atoms with Crippen LogP contribution in [0.5, 0.6) is 0 Å². The second kappa shape index (κ2) is 5.25. The normalized spacial score (nSPS) is 10.1. The Bertz CT molecular complexity index is 491. The Balaban J connectivity index is 1.96. The molecule has 0 radical (unpaired) electrons. The van der Waals surface area contributed by atoms with Crippen molar-refractivity contribution in [3.8, 4) is 0 Å². The van der Waals surface area contributed by atoms with Crippen LogP contribution in [0.1, 0.15) is 22.3 Å². The van der Waals surface area contributed by atoms with Gasteiger partial charge in [0, 0.05) is 30.1 Å². The number of ketones is 1. The van der Waals surface area contributed by atoms with E-state index in [4.69, 9.17) is 5.73 Å². The number of nitrogen functional groups attached to an aromatic ring is 1. The summed E-state index contributed by atoms with van der Waals surface area (Å²) in [6.07, 6.45) is 4.73. The van der Waals surface area contributed by atoms with E-state index in [0.29, 0.717) is 17.7 Å². The summed E-state index contributed by atoms with van der Waals surface area (Å²) >= 11 is 0. The van der Waals surface area contributed by atoms with Crippen molar-refractivity contribution in [1.82, 2.24) is 4.98 Å². The Morgan fingerprint density at radius 1 is 1.18 bits per heavy atom. The van der Waals surface area contributed by atoms with E-state index in [2.05, 4.69) is 4.98 Å². The minimum atomic E-state index is 0.133. The van der Waals surface area contributed by atoms with Crippen LogP contribution in [0.25, 0.3) is 0 Å². The number of anilines is 1. The SMILES string of the molecule is Nc1ccc(C(=O)CCc2cccnc2)cc1. The van der Waals surface area contributed by atoms with E-state index in [-0.39, 0.29) is 5.78 Å². The van der Waals surface area contributed by atoms with Gasteiger partial charge in [-0.05, 0) is 42.3 Å². The number of aryl methyl sites for hydroxylation is 1. The van der Waals surface area contributed by atoms with E-state index in [1.165, 1.54) is 0 Å². The van der Waals surface area contributed by atoms with Gasteiger partial charge in [-0.2, -0.15) is 0 Å². The predicted octanol–water partition coefficient (Wildman–Crippen LogP) is 2.48. The fourth-order valence-corrected chi connectivity index (χ4v) is 1.62. The molecule has 0 aliphatic heterocycles. The van der Waals surface area contributed by atoms with Gasteiger partial charge in [0.25, 0.3) is 0 Å². The van der Waals surface area contributed by atoms with Gasteiger partial charge in [0.05, 0.1) is 0 Å². The van der Waals surface area contributed by atoms with E-state index in [9.17, 15) is 4.79 Å². The predicted molar refractivity (Wildman–Crippen MR) is 67.7 cm³/mol. The van der Waals surface area contributed by atoms with E-state index < -0.39 is 0 Å². The lowest BCUT2D eigenvalue weighted by atomic mass is 10.0. The van der Waals surface area contributed by atoms with Crippen LogP contribution in [-0.4, -0.2) is 10.8 Å². The molecule has 2 aromatic rings. The lowest BCUT2D eigenvalue weighted by Gasteiger charge is -2.02. The van der Waals surface area contributed by atoms with E-state index in [0.717, 1.165) is 12.0 Å². The van der Waals surface area contributed by atoms with Gasteiger partial charge in [0.1, 0.15) is 0 Å². The highest BCUT2D eigenvalue weighted by Crippen LogP contribution is 2.10. The summed E-state index contributed by atoms with van der Waals surface area (Å²) in [6, 6.07) is 10.9. The highest BCUT2D eigenvalue weighted by atomic mass is 16.1. The third-order valence-electron chi connectivity index (χ3n) is 2.60. The number of Topliss-reactive ketones (excluding diaryl/α,β-unsaturated/α-hetero) is 1. The highest BCUT2D eigenvalue weighted by Gasteiger charge is 2.05. The topological polar surface area (TPSA) is 56.0 Å². The molecular formula is C14H14N2O. The third kappa shape index (κ3) is 3.14. The summed E-state index contributed by atoms with van der Waals surface area (Å²) < 4.78 is 0. The second-order valence-corrected chi connectivity index (χ2v) is 3.91. The van der Waals surface area contributed by atoms with Crippen molar-refractivity contribution in [2.24, 2.45) is 0 Å². The van der Waals surface area contributed by atoms with Crippen LogP contribution in [-0.2, 0) is 6.42 Å². The molecule has 0 unspecified atom stereocenters. The molecule has 0 amide bonds. The Hall–Kier alpha value is -2.16. The number of carbonyl (C=O) groups is 1. The maximum absolute atomic E-state index is 11.9. The molecular weight excluding hydrogens is 212 g/mol. The first-order valence-corrected chi connectivity index (χ1v) is 5.53. The van der Waals surface area contributed by atoms with Crippen molar-refractivity contribution >= 4 is 11.5 Å². The van der Waals surface area contributed by atoms with Crippen molar-refractivity contribution in [1.29, 1.82) is 0 Å². The van der Waals surface area contributed by atoms with E-state index in [1.54, 1.807) is 36.7 Å². The quantitative estimate of drug-likeness (QED) is 0.643. The first-order valence-electron chi connectivity index (χ1n) is 5.53. The fourth-order valence-electron chi connectivity index (χ4n) is 1.62. The van der Waals surface area contributed by atoms with Crippen molar-refractivity contribution in [2.75, 3.05) is 5.73 Å². The molecule has 0 aliphatic carbocycles. The van der Waals surface area contributed by atoms with Crippen LogP contribution < -0.4 is 5.73 Å². The third-order valence-corrected chi connectivity index (χ3v) is 2.60. The lowest BCUT2D eigenvalue weighted by molar-refractivity contribution is 0.0983. The molecule has 2 rings (SSSR count). The Morgan fingerprint density at radius 3 is 2.59 bits per heavy atom. The Morgan fingerprint density at radius 2 is 1.94 bits per heavy atom. The Labute approximate surface area is 100 Å². The maximum Gasteiger partial charge on any atom is 0.163 e. The molecule has 3 heteroatoms. The van der Waals surface area contributed by atoms with Gasteiger partial charge in [-0.3, -0.25) is 9.78 Å². The van der Waals surface area contributed by atoms with E-state index >= 15 is 0 Å². The largest absolute Gasteiger partial charge is 0.399 e. The zero-order valence-corrected chi connectivity index (χ0v) is 9.47. The molecule has 0 aliphatic rings. The molecule has 0 spiro atoms. The number of hydrogen-bond acceptors (Lipinski definition) is 3. The molecule has 86 valence electrons. The van der Waals surface area contributed by atoms with Crippen LogP contribution in [0.4, 0.5) is 5.69 Å². The summed E-state index contributed by atoms with van der Waals surface area (Å²) in [5.74, 6) is 0.133. The average Bonchev–Trinajstić information content (AvgIpc) is 2.38. The number of pyridine rings is 1. The van der Waals surface area contributed by atoms with Gasteiger partial charge in [-0.25, -0.2) is 0 Å². The molecule has 0 saturated carbocycles. The van der Waals surface area contributed by atoms with Crippen molar-refractivity contribution in [2.45, 2.75) is 12.8 Å². The first kappa shape index (κ1) is 11.3. The lowest BCUT2D eigenvalue weighted by Crippen LogP contribution is -2.01. The van der Waals surface area contributed by atoms with Crippen LogP contribution in [0.15, 0.2) is 48.8 Å². The zero-order valence-electron chi connectivity index (χ0n) is 9.47. The van der Waals surface area contributed by atoms with Crippen molar-refractivity contribution < 1.29 is 4.79 Å². The van der Waals surface area contributed by atoms with E-state index in [1.807, 2.05) is 12.1 Å². The van der Waals surface area contributed by atoms with Crippen LogP contribution >= 0.6 is 0 Å². The molecule has 0 bridgehead atoms. The number of nitrogens with zero attached hydrogens (tertiary/aromatic N) is 1. The fraction of sp³-hybridized carbons (Fsp3) is 0.143. The summed E-state index contributed by atoms with van der Waals surface area (Å²) in [7, 11) is 0. The maximum atomic E-state index is 11.9. The summed E-state index contributed by atoms with van der Waals surface area (Å²) in [4.78, 5) is 15.9. The molecule has 1 heterocycles. The number of aromatic nitrogens is 1. The van der Waals surface area contributed by atoms with Crippen LogP contribution in [0, 0.1) is 0 Å². The number of carbonyl (C=O) groups excluding carboxylic acids is 1. The number of benzene rings is 1. The van der Waals surface area contributed by atoms with Gasteiger partial charge in [-0.1, -0.05) is 6.07 Å². The summed E-state index contributed by atoms with van der Waals surface area (Å²) in [5, 5.41) is 0. The van der Waals surface area contributed by atoms with Crippen LogP contribution in [0.3, 0.4) is 0 Å². The van der Waals surface area contributed by atoms with Crippen molar-refractivity contribution in [3.63, 3.8) is 0 Å². The highest BCUT2D eigenvalue weighted by molar-refractivity contribution is 5.96. The molecule has 17 heavy (non-hydrogen) atoms. The first-order chi connectivity index (χ1) is 8.25. The summed E-state index contributed by atoms with van der Waals surface area (Å²) in [6.45, 7) is 0. The molecule has 0 fully saturated rings. The van der Waals surface area contributed by atoms with Crippen LogP contribution in [0.2, 0.25) is 0 Å². The second-order valence-electron chi connectivity index (χ2n) is 3.91. The standard InChI is InChI=1S/C14H14N2O/c15-13-6-4-12(5-7-13)14(17)8-3-11-2-1-9-16-10-11/h1-2,4-7,9-10H,3,8,15H2. The van der Waals surface area contributed by atoms with Gasteiger partial charge in [-0.15, -0.1) is 0 Å². The Kier molecular flexibility index (Phi) is 3.50. The smallest absolute Gasteiger partial charge is 0.163 e. The van der Waals surface area contributed by atoms with Gasteiger partial charge < -0.3 is 5.73 Å². The van der Waals surface area contributed by atoms with Gasteiger partial charge in [0.2, 0.25) is 0 Å². The molecule has 0 atom stereocenters. The number of hydrogen-bond donors (Lipinski definition) is 1. The minimum absolute atomic E-state index is 0.133. The zero-order chi connectivity index (χ0) is 12.1. The number of rotatable bonds is 4. The molecule has 3 nitrogen and oxygen atoms in total. The molecule has 1 aromatic heterocycles. The summed E-state index contributed by atoms with van der Waals surface area (Å²) in [5.41, 5.74) is 8.04. The van der Waals surface area contributed by atoms with Crippen molar-refractivity contribution in [3.05, 3.63) is 59.9 Å². The van der Waals surface area contributed by atoms with Gasteiger partial charge in [0.15, 0.2) is 5.78 Å². The molecule has 2 N–H and O–H groups in total. The van der Waals surface area contributed by atoms with Gasteiger partial charge >= 0.3 is 0 Å². The number of nitrogens with two attached hydrogens (primary N) is 1. The molecule has 1 aromatic carbocycles. The monoisotopic (exact) mass is 226 g/mol. The average molecular weight is 226 g/mol. The minimum Gasteiger partial charge on any atom is -0.399 e.